The van der Waals surface area contributed by atoms with Crippen LogP contribution in [0.3, 0.4) is 0 Å². The van der Waals surface area contributed by atoms with Gasteiger partial charge in [0.1, 0.15) is 0 Å². The highest BCUT2D eigenvalue weighted by Crippen LogP contribution is 2.32. The molecule has 0 amide bonds. The van der Waals surface area contributed by atoms with E-state index in [4.69, 9.17) is 0 Å². The zero-order valence-electron chi connectivity index (χ0n) is 16.3. The molecule has 1 aliphatic rings. The molecule has 4 aromatic carbocycles. The molecule has 0 spiro atoms. The fourth-order valence-electron chi connectivity index (χ4n) is 3.91. The SMILES string of the molecule is C(#Cc1ccc2ccc(Cc3ccc4c(c3)CCS4)cc2c1)Cc1ccccc1. The lowest BCUT2D eigenvalue weighted by Gasteiger charge is -2.07. The summed E-state index contributed by atoms with van der Waals surface area (Å²) in [5.41, 5.74) is 6.63. The lowest BCUT2D eigenvalue weighted by atomic mass is 9.98. The fourth-order valence-corrected chi connectivity index (χ4v) is 4.97. The Bertz CT molecular complexity index is 1230. The van der Waals surface area contributed by atoms with E-state index < -0.39 is 0 Å². The molecule has 0 aliphatic carbocycles. The minimum Gasteiger partial charge on any atom is -0.126 e. The predicted octanol–water partition coefficient (Wildman–Crippen LogP) is 6.67. The highest BCUT2D eigenvalue weighted by molar-refractivity contribution is 7.99. The highest BCUT2D eigenvalue weighted by atomic mass is 32.2. The molecule has 140 valence electrons. The van der Waals surface area contributed by atoms with Crippen LogP contribution >= 0.6 is 11.8 Å². The van der Waals surface area contributed by atoms with Crippen molar-refractivity contribution in [1.29, 1.82) is 0 Å². The van der Waals surface area contributed by atoms with Crippen LogP contribution < -0.4 is 0 Å². The van der Waals surface area contributed by atoms with Gasteiger partial charge in [-0.05, 0) is 64.1 Å². The highest BCUT2D eigenvalue weighted by Gasteiger charge is 2.11. The van der Waals surface area contributed by atoms with Crippen molar-refractivity contribution in [3.8, 4) is 11.8 Å². The maximum Gasteiger partial charge on any atom is 0.0344 e. The predicted molar refractivity (Wildman–Crippen MR) is 125 cm³/mol. The van der Waals surface area contributed by atoms with Crippen molar-refractivity contribution in [2.24, 2.45) is 0 Å². The van der Waals surface area contributed by atoms with Crippen LogP contribution in [0.4, 0.5) is 0 Å². The van der Waals surface area contributed by atoms with Crippen molar-refractivity contribution in [3.63, 3.8) is 0 Å². The number of aryl methyl sites for hydroxylation is 1. The van der Waals surface area contributed by atoms with Gasteiger partial charge in [-0.25, -0.2) is 0 Å². The summed E-state index contributed by atoms with van der Waals surface area (Å²) in [6.45, 7) is 0. The van der Waals surface area contributed by atoms with Gasteiger partial charge in [-0.1, -0.05) is 78.6 Å². The molecule has 0 saturated heterocycles. The molecule has 1 heteroatoms. The van der Waals surface area contributed by atoms with Crippen LogP contribution in [0.2, 0.25) is 0 Å². The van der Waals surface area contributed by atoms with Gasteiger partial charge in [-0.3, -0.25) is 0 Å². The maximum absolute atomic E-state index is 3.33. The van der Waals surface area contributed by atoms with Crippen molar-refractivity contribution in [3.05, 3.63) is 113 Å². The van der Waals surface area contributed by atoms with Gasteiger partial charge < -0.3 is 0 Å². The zero-order chi connectivity index (χ0) is 19.5. The molecular weight excluding hydrogens is 368 g/mol. The molecule has 0 bridgehead atoms. The molecule has 1 heterocycles. The van der Waals surface area contributed by atoms with Crippen LogP contribution in [-0.2, 0) is 19.3 Å². The van der Waals surface area contributed by atoms with E-state index >= 15 is 0 Å². The van der Waals surface area contributed by atoms with E-state index in [0.29, 0.717) is 0 Å². The van der Waals surface area contributed by atoms with Crippen molar-refractivity contribution in [2.75, 3.05) is 5.75 Å². The molecule has 0 unspecified atom stereocenters. The van der Waals surface area contributed by atoms with Crippen LogP contribution in [0.5, 0.6) is 0 Å². The first-order chi connectivity index (χ1) is 14.3. The molecule has 4 aromatic rings. The number of thioether (sulfide) groups is 1. The van der Waals surface area contributed by atoms with Crippen LogP contribution in [0.25, 0.3) is 10.8 Å². The average Bonchev–Trinajstić information content (AvgIpc) is 3.22. The van der Waals surface area contributed by atoms with Crippen molar-refractivity contribution in [1.82, 2.24) is 0 Å². The third kappa shape index (κ3) is 4.24. The molecule has 0 nitrogen and oxygen atoms in total. The van der Waals surface area contributed by atoms with Gasteiger partial charge in [-0.2, -0.15) is 0 Å². The standard InChI is InChI=1S/C28H22S/c1-2-5-21(6-3-1)7-4-8-22-9-12-25-13-10-23(20-27(25)18-22)17-24-11-14-28-26(19-24)15-16-29-28/h1-3,5-6,9-14,18-20H,7,15-17H2. The summed E-state index contributed by atoms with van der Waals surface area (Å²) >= 11 is 1.98. The third-order valence-corrected chi connectivity index (χ3v) is 6.55. The zero-order valence-corrected chi connectivity index (χ0v) is 17.1. The summed E-state index contributed by atoms with van der Waals surface area (Å²) < 4.78 is 0. The van der Waals surface area contributed by atoms with E-state index in [1.807, 2.05) is 17.8 Å². The molecule has 0 radical (unpaired) electrons. The Morgan fingerprint density at radius 1 is 0.724 bits per heavy atom. The average molecular weight is 391 g/mol. The summed E-state index contributed by atoms with van der Waals surface area (Å²) in [6.07, 6.45) is 2.98. The first kappa shape index (κ1) is 18.1. The minimum absolute atomic E-state index is 0.787. The van der Waals surface area contributed by atoms with E-state index in [9.17, 15) is 0 Å². The number of hydrogen-bond donors (Lipinski definition) is 0. The Hall–Kier alpha value is -2.95. The monoisotopic (exact) mass is 390 g/mol. The van der Waals surface area contributed by atoms with Crippen molar-refractivity contribution in [2.45, 2.75) is 24.2 Å². The minimum atomic E-state index is 0.787. The molecule has 0 atom stereocenters. The lowest BCUT2D eigenvalue weighted by Crippen LogP contribution is -1.91. The van der Waals surface area contributed by atoms with Gasteiger partial charge >= 0.3 is 0 Å². The Kier molecular flexibility index (Phi) is 5.11. The molecular formula is C28H22S. The van der Waals surface area contributed by atoms with Crippen molar-refractivity contribution >= 4 is 22.5 Å². The van der Waals surface area contributed by atoms with Gasteiger partial charge in [-0.15, -0.1) is 11.8 Å². The summed E-state index contributed by atoms with van der Waals surface area (Å²) in [4.78, 5) is 1.46. The van der Waals surface area contributed by atoms with E-state index in [-0.39, 0.29) is 0 Å². The maximum atomic E-state index is 3.33. The Balaban J connectivity index is 1.36. The molecule has 0 fully saturated rings. The number of fused-ring (bicyclic) bond motifs is 2. The topological polar surface area (TPSA) is 0 Å². The van der Waals surface area contributed by atoms with E-state index in [1.54, 1.807) is 0 Å². The first-order valence-corrected chi connectivity index (χ1v) is 11.1. The second-order valence-electron chi connectivity index (χ2n) is 7.58. The van der Waals surface area contributed by atoms with Gasteiger partial charge in [0, 0.05) is 22.6 Å². The Morgan fingerprint density at radius 2 is 1.55 bits per heavy atom. The second kappa shape index (κ2) is 8.19. The molecule has 5 rings (SSSR count). The van der Waals surface area contributed by atoms with Crippen molar-refractivity contribution < 1.29 is 0 Å². The van der Waals surface area contributed by atoms with Gasteiger partial charge in [0.05, 0.1) is 0 Å². The quantitative estimate of drug-likeness (QED) is 0.352. The summed E-state index contributed by atoms with van der Waals surface area (Å²) in [5, 5.41) is 2.54. The van der Waals surface area contributed by atoms with Gasteiger partial charge in [0.25, 0.3) is 0 Å². The molecule has 0 saturated carbocycles. The van der Waals surface area contributed by atoms with Crippen LogP contribution in [0.1, 0.15) is 27.8 Å². The van der Waals surface area contributed by atoms with Gasteiger partial charge in [0.15, 0.2) is 0 Å². The Morgan fingerprint density at radius 3 is 2.48 bits per heavy atom. The largest absolute Gasteiger partial charge is 0.126 e. The number of hydrogen-bond acceptors (Lipinski definition) is 1. The fraction of sp³-hybridized carbons (Fsp3) is 0.143. The molecule has 0 N–H and O–H groups in total. The third-order valence-electron chi connectivity index (χ3n) is 5.43. The van der Waals surface area contributed by atoms with Crippen LogP contribution in [0.15, 0.2) is 89.8 Å². The molecule has 0 aromatic heterocycles. The summed E-state index contributed by atoms with van der Waals surface area (Å²) in [5.74, 6) is 7.86. The summed E-state index contributed by atoms with van der Waals surface area (Å²) in [6, 6.07) is 30.7. The summed E-state index contributed by atoms with van der Waals surface area (Å²) in [7, 11) is 0. The number of rotatable bonds is 3. The first-order valence-electron chi connectivity index (χ1n) is 10.1. The smallest absolute Gasteiger partial charge is 0.0344 e. The number of benzene rings is 4. The lowest BCUT2D eigenvalue weighted by molar-refractivity contribution is 1.10. The van der Waals surface area contributed by atoms with Crippen LogP contribution in [0, 0.1) is 11.8 Å². The Labute approximate surface area is 177 Å². The van der Waals surface area contributed by atoms with Gasteiger partial charge in [0.2, 0.25) is 0 Å². The molecule has 1 aliphatic heterocycles. The van der Waals surface area contributed by atoms with E-state index in [2.05, 4.69) is 90.7 Å². The van der Waals surface area contributed by atoms with E-state index in [0.717, 1.165) is 18.4 Å². The molecule has 29 heavy (non-hydrogen) atoms. The second-order valence-corrected chi connectivity index (χ2v) is 8.71. The van der Waals surface area contributed by atoms with E-state index in [1.165, 1.54) is 50.1 Å². The van der Waals surface area contributed by atoms with Crippen LogP contribution in [-0.4, -0.2) is 5.75 Å². The normalized spacial score (nSPS) is 12.4.